The molecule has 0 amide bonds. The molecular weight excluding hydrogens is 190 g/mol. The number of piperidine rings is 1. The van der Waals surface area contributed by atoms with Crippen LogP contribution in [-0.2, 0) is 4.79 Å². The molecule has 15 heavy (non-hydrogen) atoms. The molecule has 1 heterocycles. The summed E-state index contributed by atoms with van der Waals surface area (Å²) >= 11 is 0. The van der Waals surface area contributed by atoms with Crippen LogP contribution in [0.1, 0.15) is 24.3 Å². The van der Waals surface area contributed by atoms with Gasteiger partial charge in [0.15, 0.2) is 0 Å². The van der Waals surface area contributed by atoms with Crippen molar-refractivity contribution in [3.63, 3.8) is 0 Å². The van der Waals surface area contributed by atoms with E-state index < -0.39 is 12.0 Å². The molecule has 2 N–H and O–H groups in total. The largest absolute Gasteiger partial charge is 0.480 e. The Morgan fingerprint density at radius 1 is 1.33 bits per heavy atom. The number of hydrogen-bond acceptors (Lipinski definition) is 2. The highest BCUT2D eigenvalue weighted by atomic mass is 16.4. The van der Waals surface area contributed by atoms with Gasteiger partial charge in [0.05, 0.1) is 0 Å². The SMILES string of the molecule is O=C(O)[C@@H]1NCCC[C@H]1c1ccccc1. The number of carboxylic acid groups (broad SMARTS) is 1. The summed E-state index contributed by atoms with van der Waals surface area (Å²) < 4.78 is 0. The summed E-state index contributed by atoms with van der Waals surface area (Å²) in [6.45, 7) is 0.806. The minimum absolute atomic E-state index is 0.109. The minimum Gasteiger partial charge on any atom is -0.480 e. The molecule has 1 fully saturated rings. The average molecular weight is 205 g/mol. The molecule has 1 aromatic carbocycles. The number of hydrogen-bond donors (Lipinski definition) is 2. The molecule has 0 aromatic heterocycles. The van der Waals surface area contributed by atoms with Gasteiger partial charge in [-0.2, -0.15) is 0 Å². The lowest BCUT2D eigenvalue weighted by atomic mass is 9.85. The molecular formula is C12H15NO2. The molecule has 2 atom stereocenters. The number of aliphatic carboxylic acids is 1. The lowest BCUT2D eigenvalue weighted by Gasteiger charge is -2.29. The maximum absolute atomic E-state index is 11.1. The zero-order chi connectivity index (χ0) is 10.7. The van der Waals surface area contributed by atoms with Crippen LogP contribution in [-0.4, -0.2) is 23.7 Å². The first-order chi connectivity index (χ1) is 7.29. The molecule has 3 heteroatoms. The Morgan fingerprint density at radius 2 is 2.07 bits per heavy atom. The van der Waals surface area contributed by atoms with E-state index in [0.717, 1.165) is 24.9 Å². The third kappa shape index (κ3) is 2.18. The third-order valence-electron chi connectivity index (χ3n) is 2.95. The molecule has 0 unspecified atom stereocenters. The van der Waals surface area contributed by atoms with Crippen molar-refractivity contribution in [2.75, 3.05) is 6.54 Å². The maximum atomic E-state index is 11.1. The van der Waals surface area contributed by atoms with E-state index in [2.05, 4.69) is 5.32 Å². The summed E-state index contributed by atoms with van der Waals surface area (Å²) in [5, 5.41) is 12.2. The topological polar surface area (TPSA) is 49.3 Å². The van der Waals surface area contributed by atoms with Crippen LogP contribution in [0.2, 0.25) is 0 Å². The standard InChI is InChI=1S/C12H15NO2/c14-12(15)11-10(7-4-8-13-11)9-5-2-1-3-6-9/h1-3,5-6,10-11,13H,4,7-8H2,(H,14,15)/t10-,11+/m0/s1. The molecule has 80 valence electrons. The minimum atomic E-state index is -0.747. The molecule has 0 aliphatic carbocycles. The van der Waals surface area contributed by atoms with E-state index in [4.69, 9.17) is 5.11 Å². The highest BCUT2D eigenvalue weighted by Crippen LogP contribution is 2.27. The second-order valence-corrected chi connectivity index (χ2v) is 3.93. The summed E-state index contributed by atoms with van der Waals surface area (Å²) in [7, 11) is 0. The van der Waals surface area contributed by atoms with Crippen LogP contribution >= 0.6 is 0 Å². The van der Waals surface area contributed by atoms with Gasteiger partial charge < -0.3 is 10.4 Å². The van der Waals surface area contributed by atoms with Crippen molar-refractivity contribution in [3.8, 4) is 0 Å². The van der Waals surface area contributed by atoms with Gasteiger partial charge in [0.25, 0.3) is 0 Å². The predicted molar refractivity (Wildman–Crippen MR) is 57.8 cm³/mol. The maximum Gasteiger partial charge on any atom is 0.321 e. The lowest BCUT2D eigenvalue weighted by Crippen LogP contribution is -2.45. The summed E-state index contributed by atoms with van der Waals surface area (Å²) in [4.78, 5) is 11.1. The molecule has 2 rings (SSSR count). The Kier molecular flexibility index (Phi) is 3.02. The molecule has 3 nitrogen and oxygen atoms in total. The van der Waals surface area contributed by atoms with Gasteiger partial charge in [-0.1, -0.05) is 30.3 Å². The zero-order valence-corrected chi connectivity index (χ0v) is 8.52. The van der Waals surface area contributed by atoms with Crippen molar-refractivity contribution in [1.82, 2.24) is 5.32 Å². The fourth-order valence-corrected chi connectivity index (χ4v) is 2.21. The monoisotopic (exact) mass is 205 g/mol. The van der Waals surface area contributed by atoms with E-state index in [1.54, 1.807) is 0 Å². The Labute approximate surface area is 89.1 Å². The van der Waals surface area contributed by atoms with E-state index in [1.165, 1.54) is 0 Å². The van der Waals surface area contributed by atoms with Crippen LogP contribution in [0, 0.1) is 0 Å². The predicted octanol–water partition coefficient (Wildman–Crippen LogP) is 1.61. The number of nitrogens with one attached hydrogen (secondary N) is 1. The van der Waals surface area contributed by atoms with Crippen LogP contribution in [0.3, 0.4) is 0 Å². The van der Waals surface area contributed by atoms with Crippen molar-refractivity contribution in [1.29, 1.82) is 0 Å². The molecule has 0 saturated carbocycles. The lowest BCUT2D eigenvalue weighted by molar-refractivity contribution is -0.140. The summed E-state index contributed by atoms with van der Waals surface area (Å²) in [5.41, 5.74) is 1.12. The van der Waals surface area contributed by atoms with Gasteiger partial charge in [-0.3, -0.25) is 4.79 Å². The van der Waals surface area contributed by atoms with Crippen molar-refractivity contribution < 1.29 is 9.90 Å². The van der Waals surface area contributed by atoms with Gasteiger partial charge in [-0.25, -0.2) is 0 Å². The molecule has 1 saturated heterocycles. The first-order valence-electron chi connectivity index (χ1n) is 5.30. The van der Waals surface area contributed by atoms with Crippen molar-refractivity contribution in [3.05, 3.63) is 35.9 Å². The van der Waals surface area contributed by atoms with Crippen molar-refractivity contribution >= 4 is 5.97 Å². The van der Waals surface area contributed by atoms with Gasteiger partial charge in [0.2, 0.25) is 0 Å². The second-order valence-electron chi connectivity index (χ2n) is 3.93. The Hall–Kier alpha value is -1.35. The van der Waals surface area contributed by atoms with E-state index >= 15 is 0 Å². The van der Waals surface area contributed by atoms with Crippen LogP contribution < -0.4 is 5.32 Å². The molecule has 1 aliphatic rings. The Morgan fingerprint density at radius 3 is 2.73 bits per heavy atom. The van der Waals surface area contributed by atoms with Crippen molar-refractivity contribution in [2.45, 2.75) is 24.8 Å². The fourth-order valence-electron chi connectivity index (χ4n) is 2.21. The normalized spacial score (nSPS) is 26.1. The van der Waals surface area contributed by atoms with E-state index in [-0.39, 0.29) is 5.92 Å². The number of carbonyl (C=O) groups is 1. The van der Waals surface area contributed by atoms with Gasteiger partial charge in [0, 0.05) is 5.92 Å². The number of benzene rings is 1. The zero-order valence-electron chi connectivity index (χ0n) is 8.52. The number of carboxylic acids is 1. The quantitative estimate of drug-likeness (QED) is 0.771. The molecule has 0 spiro atoms. The molecule has 1 aliphatic heterocycles. The number of rotatable bonds is 2. The molecule has 0 radical (unpaired) electrons. The summed E-state index contributed by atoms with van der Waals surface area (Å²) in [5.74, 6) is -0.638. The van der Waals surface area contributed by atoms with Crippen LogP contribution in [0.15, 0.2) is 30.3 Å². The van der Waals surface area contributed by atoms with Gasteiger partial charge >= 0.3 is 5.97 Å². The van der Waals surface area contributed by atoms with Crippen LogP contribution in [0.4, 0.5) is 0 Å². The van der Waals surface area contributed by atoms with Crippen LogP contribution in [0.5, 0.6) is 0 Å². The van der Waals surface area contributed by atoms with E-state index in [1.807, 2.05) is 30.3 Å². The van der Waals surface area contributed by atoms with Gasteiger partial charge in [0.1, 0.15) is 6.04 Å². The average Bonchev–Trinajstić information content (AvgIpc) is 2.30. The second kappa shape index (κ2) is 4.45. The molecule has 0 bridgehead atoms. The summed E-state index contributed by atoms with van der Waals surface area (Å²) in [6, 6.07) is 9.46. The first kappa shape index (κ1) is 10.2. The highest BCUT2D eigenvalue weighted by molar-refractivity contribution is 5.75. The van der Waals surface area contributed by atoms with E-state index in [9.17, 15) is 4.79 Å². The van der Waals surface area contributed by atoms with Crippen molar-refractivity contribution in [2.24, 2.45) is 0 Å². The van der Waals surface area contributed by atoms with Gasteiger partial charge in [-0.05, 0) is 24.9 Å². The summed E-state index contributed by atoms with van der Waals surface area (Å²) in [6.07, 6.45) is 2.00. The van der Waals surface area contributed by atoms with E-state index in [0.29, 0.717) is 0 Å². The Balaban J connectivity index is 2.22. The smallest absolute Gasteiger partial charge is 0.321 e. The Bertz CT molecular complexity index is 337. The fraction of sp³-hybridized carbons (Fsp3) is 0.417. The highest BCUT2D eigenvalue weighted by Gasteiger charge is 2.31. The third-order valence-corrected chi connectivity index (χ3v) is 2.95. The molecule has 1 aromatic rings. The first-order valence-corrected chi connectivity index (χ1v) is 5.30. The van der Waals surface area contributed by atoms with Crippen LogP contribution in [0.25, 0.3) is 0 Å². The van der Waals surface area contributed by atoms with Gasteiger partial charge in [-0.15, -0.1) is 0 Å².